The monoisotopic (exact) mass is 425 g/mol. The van der Waals surface area contributed by atoms with Gasteiger partial charge in [0.25, 0.3) is 10.0 Å². The highest BCUT2D eigenvalue weighted by molar-refractivity contribution is 7.92. The number of nitrogens with zero attached hydrogens (tertiary/aromatic N) is 1. The molecule has 2 aromatic carbocycles. The largest absolute Gasteiger partial charge is 0.497 e. The van der Waals surface area contributed by atoms with Crippen LogP contribution < -0.4 is 9.04 Å². The third-order valence-electron chi connectivity index (χ3n) is 4.21. The van der Waals surface area contributed by atoms with Gasteiger partial charge in [-0.1, -0.05) is 11.6 Å². The Hall–Kier alpha value is -2.25. The second-order valence-corrected chi connectivity index (χ2v) is 8.44. The normalized spacial score (nSPS) is 11.2. The van der Waals surface area contributed by atoms with Crippen LogP contribution in [0.25, 0.3) is 0 Å². The number of halogens is 1. The predicted octanol–water partition coefficient (Wildman–Crippen LogP) is 4.11. The van der Waals surface area contributed by atoms with E-state index in [0.717, 1.165) is 0 Å². The van der Waals surface area contributed by atoms with Crippen LogP contribution in [0.15, 0.2) is 41.3 Å². The smallest absolute Gasteiger partial charge is 0.307 e. The van der Waals surface area contributed by atoms with E-state index in [9.17, 15) is 13.2 Å². The Labute approximate surface area is 171 Å². The first kappa shape index (κ1) is 22.0. The lowest BCUT2D eigenvalue weighted by atomic mass is 10.2. The van der Waals surface area contributed by atoms with Crippen molar-refractivity contribution in [1.82, 2.24) is 0 Å². The summed E-state index contributed by atoms with van der Waals surface area (Å²) in [6, 6.07) is 9.79. The van der Waals surface area contributed by atoms with E-state index in [1.807, 2.05) is 0 Å². The maximum atomic E-state index is 13.4. The molecule has 0 aliphatic carbocycles. The van der Waals surface area contributed by atoms with Gasteiger partial charge in [0, 0.05) is 11.6 Å². The van der Waals surface area contributed by atoms with Crippen LogP contribution in [0.3, 0.4) is 0 Å². The van der Waals surface area contributed by atoms with Crippen molar-refractivity contribution in [3.63, 3.8) is 0 Å². The molecule has 0 heterocycles. The maximum Gasteiger partial charge on any atom is 0.307 e. The lowest BCUT2D eigenvalue weighted by Crippen LogP contribution is -2.34. The third-order valence-corrected chi connectivity index (χ3v) is 6.59. The van der Waals surface area contributed by atoms with Crippen molar-refractivity contribution >= 4 is 33.3 Å². The van der Waals surface area contributed by atoms with Gasteiger partial charge in [-0.05, 0) is 68.3 Å². The highest BCUT2D eigenvalue weighted by atomic mass is 35.5. The molecule has 8 heteroatoms. The minimum atomic E-state index is -3.93. The number of sulfonamides is 1. The summed E-state index contributed by atoms with van der Waals surface area (Å²) in [4.78, 5) is 12.0. The zero-order valence-corrected chi connectivity index (χ0v) is 17.9. The lowest BCUT2D eigenvalue weighted by Gasteiger charge is -2.25. The first-order valence-corrected chi connectivity index (χ1v) is 10.6. The van der Waals surface area contributed by atoms with E-state index in [1.165, 1.54) is 11.4 Å². The van der Waals surface area contributed by atoms with Gasteiger partial charge in [0.2, 0.25) is 0 Å². The number of esters is 1. The van der Waals surface area contributed by atoms with Crippen molar-refractivity contribution < 1.29 is 22.7 Å². The molecule has 0 saturated carbocycles. The molecule has 0 fully saturated rings. The van der Waals surface area contributed by atoms with Crippen molar-refractivity contribution in [3.05, 3.63) is 52.5 Å². The number of hydrogen-bond donors (Lipinski definition) is 0. The van der Waals surface area contributed by atoms with Crippen LogP contribution in [0.2, 0.25) is 5.02 Å². The molecule has 152 valence electrons. The van der Waals surface area contributed by atoms with Gasteiger partial charge in [0.1, 0.15) is 5.75 Å². The SMILES string of the molecule is CCOC(=O)CCN(c1ccc(OC)cc1)S(=O)(=O)c1cc(C)c(Cl)cc1C. The van der Waals surface area contributed by atoms with E-state index in [4.69, 9.17) is 21.1 Å². The van der Waals surface area contributed by atoms with Crippen LogP contribution in [0.4, 0.5) is 5.69 Å². The van der Waals surface area contributed by atoms with Crippen molar-refractivity contribution in [2.45, 2.75) is 32.1 Å². The Morgan fingerprint density at radius 1 is 1.11 bits per heavy atom. The summed E-state index contributed by atoms with van der Waals surface area (Å²) in [7, 11) is -2.40. The molecule has 2 aromatic rings. The number of hydrogen-bond acceptors (Lipinski definition) is 5. The highest BCUT2D eigenvalue weighted by Crippen LogP contribution is 2.30. The molecule has 0 saturated heterocycles. The van der Waals surface area contributed by atoms with Crippen molar-refractivity contribution in [2.24, 2.45) is 0 Å². The summed E-state index contributed by atoms with van der Waals surface area (Å²) in [5.74, 6) is 0.144. The fourth-order valence-electron chi connectivity index (χ4n) is 2.71. The van der Waals surface area contributed by atoms with Crippen LogP contribution in [-0.2, 0) is 19.6 Å². The number of carbonyl (C=O) groups is 1. The van der Waals surface area contributed by atoms with E-state index in [1.54, 1.807) is 57.2 Å². The molecule has 6 nitrogen and oxygen atoms in total. The number of ether oxygens (including phenoxy) is 2. The van der Waals surface area contributed by atoms with Crippen LogP contribution in [0, 0.1) is 13.8 Å². The molecule has 0 amide bonds. The molecular formula is C20H24ClNO5S. The number of aryl methyl sites for hydroxylation is 2. The quantitative estimate of drug-likeness (QED) is 0.595. The van der Waals surface area contributed by atoms with Crippen molar-refractivity contribution in [1.29, 1.82) is 0 Å². The summed E-state index contributed by atoms with van der Waals surface area (Å²) in [6.07, 6.45) is -0.0648. The summed E-state index contributed by atoms with van der Waals surface area (Å²) >= 11 is 6.12. The van der Waals surface area contributed by atoms with E-state index in [0.29, 0.717) is 27.6 Å². The van der Waals surface area contributed by atoms with Gasteiger partial charge < -0.3 is 9.47 Å². The molecule has 0 aliphatic heterocycles. The zero-order chi connectivity index (χ0) is 20.9. The number of carbonyl (C=O) groups excluding carboxylic acids is 1. The van der Waals surface area contributed by atoms with Gasteiger partial charge in [-0.3, -0.25) is 9.10 Å². The molecule has 0 aliphatic rings. The molecule has 0 unspecified atom stereocenters. The molecule has 0 N–H and O–H groups in total. The van der Waals surface area contributed by atoms with Gasteiger partial charge in [-0.15, -0.1) is 0 Å². The third kappa shape index (κ3) is 4.97. The standard InChI is InChI=1S/C20H24ClNO5S/c1-5-27-20(23)10-11-22(16-6-8-17(26-4)9-7-16)28(24,25)19-13-14(2)18(21)12-15(19)3/h6-9,12-13H,5,10-11H2,1-4H3. The minimum absolute atomic E-state index is 0.0470. The zero-order valence-electron chi connectivity index (χ0n) is 16.4. The first-order valence-electron chi connectivity index (χ1n) is 8.79. The summed E-state index contributed by atoms with van der Waals surface area (Å²) in [5, 5.41) is 0.499. The van der Waals surface area contributed by atoms with Gasteiger partial charge in [-0.2, -0.15) is 0 Å². The van der Waals surface area contributed by atoms with Crippen LogP contribution >= 0.6 is 11.6 Å². The van der Waals surface area contributed by atoms with Crippen molar-refractivity contribution in [2.75, 3.05) is 24.6 Å². The first-order chi connectivity index (χ1) is 13.2. The molecule has 0 spiro atoms. The van der Waals surface area contributed by atoms with Gasteiger partial charge in [-0.25, -0.2) is 8.42 Å². The second-order valence-electron chi connectivity index (χ2n) is 6.20. The van der Waals surface area contributed by atoms with Gasteiger partial charge in [0.05, 0.1) is 30.7 Å². The van der Waals surface area contributed by atoms with E-state index >= 15 is 0 Å². The number of methoxy groups -OCH3 is 1. The van der Waals surface area contributed by atoms with Crippen LogP contribution in [0.5, 0.6) is 5.75 Å². The molecular weight excluding hydrogens is 402 g/mol. The number of anilines is 1. The van der Waals surface area contributed by atoms with Gasteiger partial charge in [0.15, 0.2) is 0 Å². The summed E-state index contributed by atoms with van der Waals surface area (Å²) < 4.78 is 38.2. The summed E-state index contributed by atoms with van der Waals surface area (Å²) in [6.45, 7) is 5.33. The molecule has 28 heavy (non-hydrogen) atoms. The number of rotatable bonds is 8. The molecule has 0 atom stereocenters. The Morgan fingerprint density at radius 2 is 1.75 bits per heavy atom. The Kier molecular flexibility index (Phi) is 7.32. The highest BCUT2D eigenvalue weighted by Gasteiger charge is 2.28. The van der Waals surface area contributed by atoms with Gasteiger partial charge >= 0.3 is 5.97 Å². The maximum absolute atomic E-state index is 13.4. The average molecular weight is 426 g/mol. The molecule has 0 radical (unpaired) electrons. The average Bonchev–Trinajstić information content (AvgIpc) is 2.65. The van der Waals surface area contributed by atoms with E-state index in [2.05, 4.69) is 0 Å². The number of benzene rings is 2. The topological polar surface area (TPSA) is 72.9 Å². The predicted molar refractivity (Wildman–Crippen MR) is 110 cm³/mol. The second kappa shape index (κ2) is 9.30. The Balaban J connectivity index is 2.49. The molecule has 0 bridgehead atoms. The lowest BCUT2D eigenvalue weighted by molar-refractivity contribution is -0.142. The fraction of sp³-hybridized carbons (Fsp3) is 0.350. The van der Waals surface area contributed by atoms with Crippen molar-refractivity contribution in [3.8, 4) is 5.75 Å². The van der Waals surface area contributed by atoms with E-state index in [-0.39, 0.29) is 24.5 Å². The van der Waals surface area contributed by atoms with E-state index < -0.39 is 16.0 Å². The Morgan fingerprint density at radius 3 is 2.32 bits per heavy atom. The molecule has 0 aromatic heterocycles. The Bertz CT molecular complexity index is 942. The fourth-order valence-corrected chi connectivity index (χ4v) is 4.69. The minimum Gasteiger partial charge on any atom is -0.497 e. The van der Waals surface area contributed by atoms with Crippen LogP contribution in [-0.4, -0.2) is 34.6 Å². The van der Waals surface area contributed by atoms with Crippen LogP contribution in [0.1, 0.15) is 24.5 Å². The summed E-state index contributed by atoms with van der Waals surface area (Å²) in [5.41, 5.74) is 1.62. The molecule has 2 rings (SSSR count).